The third kappa shape index (κ3) is 3.82. The highest BCUT2D eigenvalue weighted by Crippen LogP contribution is 2.35. The largest absolute Gasteiger partial charge is 0.350 e. The van der Waals surface area contributed by atoms with Crippen LogP contribution in [0.5, 0.6) is 0 Å². The number of sulfonamides is 1. The van der Waals surface area contributed by atoms with Gasteiger partial charge in [-0.15, -0.1) is 0 Å². The number of amides is 2. The van der Waals surface area contributed by atoms with Crippen LogP contribution in [-0.2, 0) is 26.2 Å². The van der Waals surface area contributed by atoms with E-state index >= 15 is 0 Å². The Kier molecular flexibility index (Phi) is 5.33. The van der Waals surface area contributed by atoms with Crippen LogP contribution >= 0.6 is 0 Å². The average Bonchev–Trinajstić information content (AvgIpc) is 2.82. The molecule has 0 saturated carbocycles. The van der Waals surface area contributed by atoms with Crippen LogP contribution in [0.2, 0.25) is 0 Å². The predicted molar refractivity (Wildman–Crippen MR) is 103 cm³/mol. The molecule has 0 unspecified atom stereocenters. The molecule has 0 fully saturated rings. The summed E-state index contributed by atoms with van der Waals surface area (Å²) >= 11 is 0. The Morgan fingerprint density at radius 2 is 1.64 bits per heavy atom. The Balaban J connectivity index is 1.74. The monoisotopic (exact) mass is 402 g/mol. The van der Waals surface area contributed by atoms with Crippen LogP contribution in [0.25, 0.3) is 4.91 Å². The number of nitrogens with one attached hydrogen (secondary N) is 1. The summed E-state index contributed by atoms with van der Waals surface area (Å²) in [5.41, 5.74) is 2.10. The van der Waals surface area contributed by atoms with E-state index in [1.54, 1.807) is 24.3 Å². The Morgan fingerprint density at radius 1 is 1.04 bits per heavy atom. The Hall–Kier alpha value is -3.00. The maximum absolute atomic E-state index is 12.9. The number of hydrogen-bond acceptors (Lipinski definition) is 4. The molecule has 6 nitrogen and oxygen atoms in total. The van der Waals surface area contributed by atoms with Crippen LogP contribution < -0.4 is 5.32 Å². The van der Waals surface area contributed by atoms with Gasteiger partial charge in [-0.25, -0.2) is 17.1 Å². The molecular formula is C20H19FN2O4S. The zero-order chi connectivity index (χ0) is 20.5. The van der Waals surface area contributed by atoms with Crippen molar-refractivity contribution < 1.29 is 22.4 Å². The third-order valence-corrected chi connectivity index (χ3v) is 6.37. The fraction of sp³-hybridized carbons (Fsp3) is 0.200. The van der Waals surface area contributed by atoms with Crippen molar-refractivity contribution in [1.29, 1.82) is 0 Å². The van der Waals surface area contributed by atoms with Crippen LogP contribution in [-0.4, -0.2) is 31.1 Å². The zero-order valence-electron chi connectivity index (χ0n) is 15.4. The number of hydrogen-bond donors (Lipinski definition) is 1. The molecule has 1 aliphatic heterocycles. The van der Waals surface area contributed by atoms with E-state index in [9.17, 15) is 22.4 Å². The second-order valence-electron chi connectivity index (χ2n) is 6.54. The van der Waals surface area contributed by atoms with E-state index in [0.29, 0.717) is 15.4 Å². The van der Waals surface area contributed by atoms with Gasteiger partial charge >= 0.3 is 0 Å². The van der Waals surface area contributed by atoms with Gasteiger partial charge in [-0.2, -0.15) is 0 Å². The van der Waals surface area contributed by atoms with Crippen molar-refractivity contribution in [2.75, 3.05) is 6.54 Å². The molecule has 0 spiro atoms. The van der Waals surface area contributed by atoms with E-state index in [1.165, 1.54) is 31.2 Å². The quantitative estimate of drug-likeness (QED) is 0.832. The molecule has 0 atom stereocenters. The number of aryl methyl sites for hydroxylation is 1. The number of carbonyl (C=O) groups excluding carboxylic acids is 2. The van der Waals surface area contributed by atoms with Crippen LogP contribution in [0, 0.1) is 12.7 Å². The van der Waals surface area contributed by atoms with Crippen molar-refractivity contribution in [3.05, 3.63) is 76.6 Å². The molecule has 2 amide bonds. The normalized spacial score (nSPS) is 15.8. The molecule has 2 aromatic carbocycles. The second-order valence-corrected chi connectivity index (χ2v) is 8.34. The van der Waals surface area contributed by atoms with E-state index in [1.807, 2.05) is 6.92 Å². The summed E-state index contributed by atoms with van der Waals surface area (Å²) in [5.74, 6) is -1.74. The molecule has 0 bridgehead atoms. The second kappa shape index (κ2) is 7.55. The van der Waals surface area contributed by atoms with Gasteiger partial charge in [-0.05, 0) is 37.1 Å². The number of halogens is 1. The lowest BCUT2D eigenvalue weighted by molar-refractivity contribution is -0.128. The summed E-state index contributed by atoms with van der Waals surface area (Å²) in [6, 6.07) is 12.3. The van der Waals surface area contributed by atoms with E-state index < -0.39 is 34.2 Å². The number of carbonyl (C=O) groups is 2. The van der Waals surface area contributed by atoms with Gasteiger partial charge in [0.1, 0.15) is 17.3 Å². The minimum absolute atomic E-state index is 0.0789. The maximum atomic E-state index is 12.9. The SMILES string of the molecule is CC1=C(c2ccc(C)cc2)S(=O)(=O)N(CC(=O)NCc2ccc(F)cc2)C1=O. The lowest BCUT2D eigenvalue weighted by Gasteiger charge is -2.16. The van der Waals surface area contributed by atoms with Crippen molar-refractivity contribution in [2.45, 2.75) is 20.4 Å². The van der Waals surface area contributed by atoms with Crippen LogP contribution in [0.1, 0.15) is 23.6 Å². The summed E-state index contributed by atoms with van der Waals surface area (Å²) < 4.78 is 39.2. The van der Waals surface area contributed by atoms with Gasteiger partial charge in [0.25, 0.3) is 15.9 Å². The molecule has 0 aromatic heterocycles. The highest BCUT2D eigenvalue weighted by atomic mass is 32.2. The number of benzene rings is 2. The van der Waals surface area contributed by atoms with Crippen molar-refractivity contribution in [3.63, 3.8) is 0 Å². The molecule has 1 aliphatic rings. The molecule has 0 radical (unpaired) electrons. The molecule has 0 saturated heterocycles. The molecule has 28 heavy (non-hydrogen) atoms. The highest BCUT2D eigenvalue weighted by molar-refractivity contribution is 7.99. The summed E-state index contributed by atoms with van der Waals surface area (Å²) in [6.07, 6.45) is 0. The smallest absolute Gasteiger partial charge is 0.268 e. The lowest BCUT2D eigenvalue weighted by Crippen LogP contribution is -2.40. The van der Waals surface area contributed by atoms with Gasteiger partial charge in [-0.3, -0.25) is 9.59 Å². The molecule has 1 heterocycles. The van der Waals surface area contributed by atoms with Gasteiger partial charge in [-0.1, -0.05) is 42.0 Å². The van der Waals surface area contributed by atoms with Crippen LogP contribution in [0.4, 0.5) is 4.39 Å². The maximum Gasteiger partial charge on any atom is 0.268 e. The molecule has 146 valence electrons. The highest BCUT2D eigenvalue weighted by Gasteiger charge is 2.43. The summed E-state index contributed by atoms with van der Waals surface area (Å²) in [7, 11) is -4.12. The fourth-order valence-electron chi connectivity index (χ4n) is 2.91. The average molecular weight is 402 g/mol. The zero-order valence-corrected chi connectivity index (χ0v) is 16.2. The Bertz CT molecular complexity index is 1060. The Labute approximate surface area is 162 Å². The predicted octanol–water partition coefficient (Wildman–Crippen LogP) is 2.35. The van der Waals surface area contributed by atoms with Crippen molar-refractivity contribution in [2.24, 2.45) is 0 Å². The summed E-state index contributed by atoms with van der Waals surface area (Å²) in [6.45, 7) is 2.79. The molecular weight excluding hydrogens is 383 g/mol. The first-order chi connectivity index (χ1) is 13.2. The number of nitrogens with zero attached hydrogens (tertiary/aromatic N) is 1. The molecule has 0 aliphatic carbocycles. The number of rotatable bonds is 5. The van der Waals surface area contributed by atoms with E-state index in [4.69, 9.17) is 0 Å². The first-order valence-electron chi connectivity index (χ1n) is 8.56. The van der Waals surface area contributed by atoms with Gasteiger partial charge in [0.2, 0.25) is 5.91 Å². The molecule has 3 rings (SSSR count). The fourth-order valence-corrected chi connectivity index (χ4v) is 4.68. The van der Waals surface area contributed by atoms with Crippen molar-refractivity contribution in [3.8, 4) is 0 Å². The first kappa shape index (κ1) is 19.8. The minimum Gasteiger partial charge on any atom is -0.350 e. The first-order valence-corrected chi connectivity index (χ1v) is 10.0. The summed E-state index contributed by atoms with van der Waals surface area (Å²) in [4.78, 5) is 24.6. The molecule has 8 heteroatoms. The van der Waals surface area contributed by atoms with Gasteiger partial charge < -0.3 is 5.32 Å². The minimum atomic E-state index is -4.12. The van der Waals surface area contributed by atoms with Gasteiger partial charge in [0.05, 0.1) is 0 Å². The van der Waals surface area contributed by atoms with Gasteiger partial charge in [0, 0.05) is 12.1 Å². The molecule has 1 N–H and O–H groups in total. The lowest BCUT2D eigenvalue weighted by atomic mass is 10.1. The van der Waals surface area contributed by atoms with E-state index in [2.05, 4.69) is 5.32 Å². The topological polar surface area (TPSA) is 83.6 Å². The van der Waals surface area contributed by atoms with E-state index in [0.717, 1.165) is 5.56 Å². The molecule has 2 aromatic rings. The van der Waals surface area contributed by atoms with Gasteiger partial charge in [0.15, 0.2) is 0 Å². The van der Waals surface area contributed by atoms with E-state index in [-0.39, 0.29) is 17.0 Å². The van der Waals surface area contributed by atoms with Crippen LogP contribution in [0.3, 0.4) is 0 Å². The third-order valence-electron chi connectivity index (χ3n) is 4.44. The van der Waals surface area contributed by atoms with Crippen molar-refractivity contribution in [1.82, 2.24) is 9.62 Å². The summed E-state index contributed by atoms with van der Waals surface area (Å²) in [5, 5.41) is 2.54. The van der Waals surface area contributed by atoms with Crippen LogP contribution in [0.15, 0.2) is 54.1 Å². The Morgan fingerprint density at radius 3 is 2.25 bits per heavy atom. The van der Waals surface area contributed by atoms with Crippen molar-refractivity contribution >= 4 is 26.7 Å². The standard InChI is InChI=1S/C20H19FN2O4S/c1-13-3-7-16(8-4-13)19-14(2)20(25)23(28(19,26)27)12-18(24)22-11-15-5-9-17(21)10-6-15/h3-10H,11-12H2,1-2H3,(H,22,24).